The summed E-state index contributed by atoms with van der Waals surface area (Å²) in [6, 6.07) is 8.39. The topological polar surface area (TPSA) is 49.9 Å². The molecular weight excluding hydrogens is 340 g/mol. The van der Waals surface area contributed by atoms with E-state index in [0.717, 1.165) is 45.2 Å². The Morgan fingerprint density at radius 3 is 2.81 bits per heavy atom. The van der Waals surface area contributed by atoms with Crippen LogP contribution in [0.2, 0.25) is 0 Å². The van der Waals surface area contributed by atoms with Crippen molar-refractivity contribution >= 4 is 11.8 Å². The first kappa shape index (κ1) is 18.5. The normalized spacial score (nSPS) is 26.8. The lowest BCUT2D eigenvalue weighted by atomic mass is 9.78. The van der Waals surface area contributed by atoms with Crippen molar-refractivity contribution in [2.24, 2.45) is 11.3 Å². The number of nitrogens with zero attached hydrogens (tertiary/aromatic N) is 2. The number of benzene rings is 1. The maximum absolute atomic E-state index is 13.4. The van der Waals surface area contributed by atoms with Crippen molar-refractivity contribution in [3.63, 3.8) is 0 Å². The minimum Gasteiger partial charge on any atom is -0.381 e. The molecule has 3 aliphatic heterocycles. The minimum atomic E-state index is -0.358. The van der Waals surface area contributed by atoms with Crippen LogP contribution in [-0.4, -0.2) is 54.5 Å². The first-order valence-corrected chi connectivity index (χ1v) is 10.3. The van der Waals surface area contributed by atoms with Gasteiger partial charge in [0.05, 0.1) is 5.41 Å². The monoisotopic (exact) mass is 370 g/mol. The molecule has 1 aromatic carbocycles. The second kappa shape index (κ2) is 7.63. The molecule has 1 spiro atoms. The van der Waals surface area contributed by atoms with Gasteiger partial charge in [0.25, 0.3) is 0 Å². The van der Waals surface area contributed by atoms with Crippen LogP contribution in [0.15, 0.2) is 24.3 Å². The third-order valence-electron chi connectivity index (χ3n) is 6.52. The molecule has 1 atom stereocenters. The molecule has 146 valence electrons. The molecule has 5 heteroatoms. The van der Waals surface area contributed by atoms with E-state index in [-0.39, 0.29) is 23.1 Å². The summed E-state index contributed by atoms with van der Waals surface area (Å²) < 4.78 is 5.39. The molecule has 0 radical (unpaired) electrons. The Labute approximate surface area is 161 Å². The number of likely N-dealkylation sites (tertiary alicyclic amines) is 2. The number of hydrogen-bond acceptors (Lipinski definition) is 3. The SMILES string of the molecule is Cc1cccc(CN2CCCC3(CCN(C(=O)C4CCOCC4)C3)C2=O)c1. The van der Waals surface area contributed by atoms with Crippen molar-refractivity contribution in [2.75, 3.05) is 32.8 Å². The third-order valence-corrected chi connectivity index (χ3v) is 6.52. The second-order valence-electron chi connectivity index (χ2n) is 8.50. The van der Waals surface area contributed by atoms with Gasteiger partial charge in [0.2, 0.25) is 11.8 Å². The number of aryl methyl sites for hydroxylation is 1. The van der Waals surface area contributed by atoms with E-state index in [0.29, 0.717) is 26.3 Å². The van der Waals surface area contributed by atoms with Gasteiger partial charge in [-0.2, -0.15) is 0 Å². The van der Waals surface area contributed by atoms with Crippen LogP contribution >= 0.6 is 0 Å². The van der Waals surface area contributed by atoms with Gasteiger partial charge in [-0.05, 0) is 44.6 Å². The molecule has 3 heterocycles. The zero-order valence-corrected chi connectivity index (χ0v) is 16.3. The maximum atomic E-state index is 13.4. The zero-order valence-electron chi connectivity index (χ0n) is 16.3. The summed E-state index contributed by atoms with van der Waals surface area (Å²) >= 11 is 0. The summed E-state index contributed by atoms with van der Waals surface area (Å²) in [5.41, 5.74) is 2.05. The maximum Gasteiger partial charge on any atom is 0.230 e. The Kier molecular flexibility index (Phi) is 5.22. The molecule has 3 saturated heterocycles. The average molecular weight is 370 g/mol. The molecular formula is C22H30N2O3. The summed E-state index contributed by atoms with van der Waals surface area (Å²) in [6.45, 7) is 6.27. The Morgan fingerprint density at radius 1 is 1.22 bits per heavy atom. The van der Waals surface area contributed by atoms with Crippen molar-refractivity contribution < 1.29 is 14.3 Å². The molecule has 1 unspecified atom stereocenters. The fourth-order valence-electron chi connectivity index (χ4n) is 4.98. The van der Waals surface area contributed by atoms with Gasteiger partial charge in [-0.1, -0.05) is 29.8 Å². The number of carbonyl (C=O) groups is 2. The summed E-state index contributed by atoms with van der Waals surface area (Å²) in [4.78, 5) is 30.2. The van der Waals surface area contributed by atoms with Crippen LogP contribution < -0.4 is 0 Å². The van der Waals surface area contributed by atoms with Crippen molar-refractivity contribution in [3.05, 3.63) is 35.4 Å². The number of amides is 2. The van der Waals surface area contributed by atoms with E-state index < -0.39 is 0 Å². The number of ether oxygens (including phenoxy) is 1. The van der Waals surface area contributed by atoms with Gasteiger partial charge in [0, 0.05) is 45.3 Å². The first-order valence-electron chi connectivity index (χ1n) is 10.3. The van der Waals surface area contributed by atoms with Gasteiger partial charge in [0.1, 0.15) is 0 Å². The molecule has 0 N–H and O–H groups in total. The van der Waals surface area contributed by atoms with Crippen molar-refractivity contribution in [3.8, 4) is 0 Å². The van der Waals surface area contributed by atoms with E-state index in [1.807, 2.05) is 9.80 Å². The Hall–Kier alpha value is -1.88. The molecule has 3 fully saturated rings. The third kappa shape index (κ3) is 3.75. The molecule has 0 aliphatic carbocycles. The summed E-state index contributed by atoms with van der Waals surface area (Å²) in [5, 5.41) is 0. The standard InChI is InChI=1S/C22H30N2O3/c1-17-4-2-5-18(14-17)15-23-10-3-8-22(21(23)26)9-11-24(16-22)20(25)19-6-12-27-13-7-19/h2,4-5,14,19H,3,6-13,15-16H2,1H3. The number of carbonyl (C=O) groups excluding carboxylic acids is 2. The molecule has 3 aliphatic rings. The Balaban J connectivity index is 1.43. The lowest BCUT2D eigenvalue weighted by Gasteiger charge is -2.39. The smallest absolute Gasteiger partial charge is 0.230 e. The highest BCUT2D eigenvalue weighted by molar-refractivity contribution is 5.86. The van der Waals surface area contributed by atoms with Gasteiger partial charge in [-0.25, -0.2) is 0 Å². The van der Waals surface area contributed by atoms with E-state index >= 15 is 0 Å². The van der Waals surface area contributed by atoms with Crippen molar-refractivity contribution in [2.45, 2.75) is 45.6 Å². The molecule has 1 aromatic rings. The second-order valence-corrected chi connectivity index (χ2v) is 8.50. The summed E-state index contributed by atoms with van der Waals surface area (Å²) in [7, 11) is 0. The fourth-order valence-corrected chi connectivity index (χ4v) is 4.98. The fraction of sp³-hybridized carbons (Fsp3) is 0.636. The van der Waals surface area contributed by atoms with Crippen LogP contribution in [0.25, 0.3) is 0 Å². The van der Waals surface area contributed by atoms with Gasteiger partial charge >= 0.3 is 0 Å². The van der Waals surface area contributed by atoms with Crippen molar-refractivity contribution in [1.29, 1.82) is 0 Å². The minimum absolute atomic E-state index is 0.0796. The van der Waals surface area contributed by atoms with Gasteiger partial charge < -0.3 is 14.5 Å². The predicted molar refractivity (Wildman–Crippen MR) is 103 cm³/mol. The van der Waals surface area contributed by atoms with Crippen LogP contribution in [0.1, 0.15) is 43.2 Å². The van der Waals surface area contributed by atoms with Gasteiger partial charge in [0.15, 0.2) is 0 Å². The highest BCUT2D eigenvalue weighted by Gasteiger charge is 2.49. The lowest BCUT2D eigenvalue weighted by Crippen LogP contribution is -2.50. The highest BCUT2D eigenvalue weighted by Crippen LogP contribution is 2.41. The van der Waals surface area contributed by atoms with Crippen LogP contribution in [0.3, 0.4) is 0 Å². The molecule has 5 nitrogen and oxygen atoms in total. The highest BCUT2D eigenvalue weighted by atomic mass is 16.5. The zero-order chi connectivity index (χ0) is 18.9. The quantitative estimate of drug-likeness (QED) is 0.822. The van der Waals surface area contributed by atoms with Crippen LogP contribution in [0.4, 0.5) is 0 Å². The number of hydrogen-bond donors (Lipinski definition) is 0. The van der Waals surface area contributed by atoms with Crippen molar-refractivity contribution in [1.82, 2.24) is 9.80 Å². The van der Waals surface area contributed by atoms with Crippen LogP contribution in [0.5, 0.6) is 0 Å². The molecule has 2 amide bonds. The Bertz CT molecular complexity index is 713. The largest absolute Gasteiger partial charge is 0.381 e. The summed E-state index contributed by atoms with van der Waals surface area (Å²) in [6.07, 6.45) is 4.38. The average Bonchev–Trinajstić information content (AvgIpc) is 3.11. The van der Waals surface area contributed by atoms with E-state index in [1.165, 1.54) is 11.1 Å². The number of rotatable bonds is 3. The van der Waals surface area contributed by atoms with E-state index in [1.54, 1.807) is 0 Å². The molecule has 0 saturated carbocycles. The van der Waals surface area contributed by atoms with E-state index in [9.17, 15) is 9.59 Å². The summed E-state index contributed by atoms with van der Waals surface area (Å²) in [5.74, 6) is 0.562. The molecule has 0 bridgehead atoms. The van der Waals surface area contributed by atoms with Gasteiger partial charge in [-0.15, -0.1) is 0 Å². The molecule has 27 heavy (non-hydrogen) atoms. The van der Waals surface area contributed by atoms with Crippen LogP contribution in [-0.2, 0) is 20.9 Å². The lowest BCUT2D eigenvalue weighted by molar-refractivity contribution is -0.147. The first-order chi connectivity index (χ1) is 13.1. The Morgan fingerprint density at radius 2 is 2.04 bits per heavy atom. The van der Waals surface area contributed by atoms with Gasteiger partial charge in [-0.3, -0.25) is 9.59 Å². The predicted octanol–water partition coefficient (Wildman–Crippen LogP) is 2.76. The molecule has 0 aromatic heterocycles. The molecule has 4 rings (SSSR count). The van der Waals surface area contributed by atoms with E-state index in [4.69, 9.17) is 4.74 Å². The van der Waals surface area contributed by atoms with Crippen LogP contribution in [0, 0.1) is 18.3 Å². The number of piperidine rings is 1. The van der Waals surface area contributed by atoms with E-state index in [2.05, 4.69) is 31.2 Å².